The van der Waals surface area contributed by atoms with Crippen LogP contribution in [0.5, 0.6) is 0 Å². The van der Waals surface area contributed by atoms with Crippen molar-refractivity contribution < 1.29 is 14.7 Å². The molecule has 0 fully saturated rings. The summed E-state index contributed by atoms with van der Waals surface area (Å²) in [4.78, 5) is 21.7. The fourth-order valence-corrected chi connectivity index (χ4v) is 0. The van der Waals surface area contributed by atoms with Crippen molar-refractivity contribution in [1.29, 1.82) is 0 Å². The van der Waals surface area contributed by atoms with Crippen molar-refractivity contribution in [2.45, 2.75) is 0 Å². The van der Waals surface area contributed by atoms with Crippen molar-refractivity contribution in [3.05, 3.63) is 0 Å². The first kappa shape index (κ1) is 22.4. The van der Waals surface area contributed by atoms with E-state index in [4.69, 9.17) is 14.7 Å². The Balaban J connectivity index is -0.0000000150. The van der Waals surface area contributed by atoms with Gasteiger partial charge in [0.25, 0.3) is 0 Å². The molecule has 0 saturated heterocycles. The molecule has 0 aliphatic rings. The van der Waals surface area contributed by atoms with E-state index in [-0.39, 0.29) is 88.7 Å². The Bertz CT molecular complexity index is 14.9. The molecule has 3 radical (unpaired) electrons. The Kier molecular flexibility index (Phi) is 51.8. The van der Waals surface area contributed by atoms with Crippen LogP contribution >= 0.6 is 8.60 Å². The van der Waals surface area contributed by atoms with Crippen molar-refractivity contribution in [1.82, 2.24) is 0 Å². The van der Waals surface area contributed by atoms with Crippen molar-refractivity contribution in [3.63, 3.8) is 0 Å². The predicted molar refractivity (Wildman–Crippen MR) is 30.8 cm³/mol. The first-order valence-corrected chi connectivity index (χ1v) is 1.80. The van der Waals surface area contributed by atoms with Crippen LogP contribution in [0.4, 0.5) is 0 Å². The zero-order valence-electron chi connectivity index (χ0n) is 4.79. The summed E-state index contributed by atoms with van der Waals surface area (Å²) in [5.41, 5.74) is 0. The van der Waals surface area contributed by atoms with Gasteiger partial charge in [0.15, 0.2) is 0 Å². The first-order chi connectivity index (χ1) is 1.73. The average Bonchev–Trinajstić information content (AvgIpc) is 0.811. The second kappa shape index (κ2) is 16.1. The summed E-state index contributed by atoms with van der Waals surface area (Å²) in [6.45, 7) is 0. The third-order valence-corrected chi connectivity index (χ3v) is 0. The molecular weight excluding hydrogens is 148 g/mol. The molecule has 0 aliphatic carbocycles. The first-order valence-electron chi connectivity index (χ1n) is 0.600. The molecule has 0 spiro atoms. The average molecular weight is 151 g/mol. The summed E-state index contributed by atoms with van der Waals surface area (Å²) >= 11 is 0. The van der Waals surface area contributed by atoms with E-state index in [9.17, 15) is 0 Å². The number of hydrogen-bond acceptors (Lipinski definition) is 3. The zero-order valence-corrected chi connectivity index (χ0v) is 11.7. The summed E-state index contributed by atoms with van der Waals surface area (Å²) in [7, 11) is -2.62. The minimum atomic E-state index is -2.62. The Morgan fingerprint density at radius 2 is 0.714 bits per heavy atom. The van der Waals surface area contributed by atoms with Gasteiger partial charge in [0.2, 0.25) is 0 Å². The van der Waals surface area contributed by atoms with Crippen LogP contribution in [-0.2, 0) is 0 Å². The van der Waals surface area contributed by atoms with E-state index >= 15 is 0 Å². The molecule has 0 unspecified atom stereocenters. The summed E-state index contributed by atoms with van der Waals surface area (Å²) in [5.74, 6) is 0. The summed E-state index contributed by atoms with van der Waals surface area (Å²) in [6.07, 6.45) is 0. The molecule has 0 aromatic carbocycles. The summed E-state index contributed by atoms with van der Waals surface area (Å²) in [5, 5.41) is 0. The van der Waals surface area contributed by atoms with Crippen molar-refractivity contribution in [3.8, 4) is 0 Å². The van der Waals surface area contributed by atoms with Gasteiger partial charge in [-0.2, -0.15) is 0 Å². The maximum absolute atomic E-state index is 7.23. The van der Waals surface area contributed by atoms with Crippen molar-refractivity contribution in [2.75, 3.05) is 0 Å². The molecule has 0 aliphatic heterocycles. The van der Waals surface area contributed by atoms with Crippen LogP contribution in [0.1, 0.15) is 0 Å². The number of hydrogen-bond donors (Lipinski definition) is 3. The van der Waals surface area contributed by atoms with E-state index in [0.717, 1.165) is 0 Å². The van der Waals surface area contributed by atoms with Gasteiger partial charge in [-0.15, -0.1) is 0 Å². The summed E-state index contributed by atoms with van der Waals surface area (Å²) < 4.78 is 0. The van der Waals surface area contributed by atoms with E-state index in [0.29, 0.717) is 0 Å². The van der Waals surface area contributed by atoms with Crippen LogP contribution in [0.3, 0.4) is 0 Å². The molecule has 0 amide bonds. The van der Waals surface area contributed by atoms with Gasteiger partial charge < -0.3 is 14.7 Å². The Hall–Kier alpha value is 3.31. The zero-order chi connectivity index (χ0) is 3.58. The molecule has 0 aromatic heterocycles. The molecule has 3 nitrogen and oxygen atoms in total. The van der Waals surface area contributed by atoms with E-state index < -0.39 is 8.60 Å². The van der Waals surface area contributed by atoms with Gasteiger partial charge in [-0.25, -0.2) is 0 Å². The minimum Gasteiger partial charge on any atom is -0.328 e. The van der Waals surface area contributed by atoms with Gasteiger partial charge in [0.05, 0.1) is 0 Å². The standard InChI is InChI=1S/3Na.H3O3P/c;;;1-4(2)3/h;;;1-3H. The second-order valence-electron chi connectivity index (χ2n) is 0.268. The molecule has 0 heterocycles. The predicted octanol–water partition coefficient (Wildman–Crippen LogP) is -1.95. The molecule has 3 N–H and O–H groups in total. The van der Waals surface area contributed by atoms with E-state index in [1.165, 1.54) is 0 Å². The minimum absolute atomic E-state index is 0. The molecule has 7 heteroatoms. The third kappa shape index (κ3) is 45.4. The maximum atomic E-state index is 7.23. The molecular formula is H3Na3O3P. The molecule has 7 heavy (non-hydrogen) atoms. The van der Waals surface area contributed by atoms with Gasteiger partial charge in [-0.05, 0) is 0 Å². The molecule has 29 valence electrons. The van der Waals surface area contributed by atoms with Crippen LogP contribution in [-0.4, -0.2) is 103 Å². The summed E-state index contributed by atoms with van der Waals surface area (Å²) in [6, 6.07) is 0. The van der Waals surface area contributed by atoms with Gasteiger partial charge in [-0.1, -0.05) is 0 Å². The largest absolute Gasteiger partial charge is 0.328 e. The number of rotatable bonds is 0. The Labute approximate surface area is 110 Å². The second-order valence-corrected chi connectivity index (χ2v) is 0.805. The van der Waals surface area contributed by atoms with Gasteiger partial charge >= 0.3 is 8.60 Å². The van der Waals surface area contributed by atoms with Crippen LogP contribution in [0, 0.1) is 0 Å². The molecule has 0 aromatic rings. The Morgan fingerprint density at radius 1 is 0.714 bits per heavy atom. The fraction of sp³-hybridized carbons (Fsp3) is 0. The van der Waals surface area contributed by atoms with Gasteiger partial charge in [0, 0.05) is 88.7 Å². The Morgan fingerprint density at radius 3 is 0.714 bits per heavy atom. The quantitative estimate of drug-likeness (QED) is 0.278. The van der Waals surface area contributed by atoms with Crippen LogP contribution in [0.25, 0.3) is 0 Å². The molecule has 0 atom stereocenters. The van der Waals surface area contributed by atoms with Crippen LogP contribution < -0.4 is 0 Å². The molecule has 0 rings (SSSR count). The SMILES string of the molecule is OP(O)O.[Na].[Na].[Na]. The van der Waals surface area contributed by atoms with E-state index in [2.05, 4.69) is 0 Å². The van der Waals surface area contributed by atoms with Gasteiger partial charge in [0.1, 0.15) is 0 Å². The topological polar surface area (TPSA) is 60.7 Å². The van der Waals surface area contributed by atoms with Crippen LogP contribution in [0.15, 0.2) is 0 Å². The van der Waals surface area contributed by atoms with E-state index in [1.54, 1.807) is 0 Å². The fourth-order valence-electron chi connectivity index (χ4n) is 0. The van der Waals surface area contributed by atoms with Gasteiger partial charge in [-0.3, -0.25) is 0 Å². The monoisotopic (exact) mass is 151 g/mol. The van der Waals surface area contributed by atoms with Crippen LogP contribution in [0.2, 0.25) is 0 Å². The van der Waals surface area contributed by atoms with Crippen molar-refractivity contribution >= 4 is 97.3 Å². The van der Waals surface area contributed by atoms with Crippen molar-refractivity contribution in [2.24, 2.45) is 0 Å². The molecule has 0 saturated carbocycles. The normalized spacial score (nSPS) is 5.14. The third-order valence-electron chi connectivity index (χ3n) is 0. The molecule has 0 bridgehead atoms. The smallest absolute Gasteiger partial charge is 0.324 e. The maximum Gasteiger partial charge on any atom is 0.324 e. The van der Waals surface area contributed by atoms with E-state index in [1.807, 2.05) is 0 Å².